The van der Waals surface area contributed by atoms with Crippen LogP contribution in [0.5, 0.6) is 0 Å². The monoisotopic (exact) mass is 306 g/mol. The lowest BCUT2D eigenvalue weighted by atomic mass is 9.95. The molecule has 0 unspecified atom stereocenters. The molecule has 0 spiro atoms. The predicted octanol–water partition coefficient (Wildman–Crippen LogP) is 2.32. The molecule has 0 atom stereocenters. The van der Waals surface area contributed by atoms with Gasteiger partial charge in [-0.2, -0.15) is 0 Å². The standard InChI is InChI=1S/C17H23FN2O2/c18-15-9-5-4-6-13(15)10-11-16(21)19-12-17(22)20-14-7-2-1-3-8-14/h4-6,9,14H,1-3,7-8,10-12H2,(H,19,21)(H,20,22). The molecule has 22 heavy (non-hydrogen) atoms. The van der Waals surface area contributed by atoms with Gasteiger partial charge in [-0.1, -0.05) is 37.5 Å². The van der Waals surface area contributed by atoms with Gasteiger partial charge in [0.15, 0.2) is 0 Å². The van der Waals surface area contributed by atoms with Crippen LogP contribution in [0.2, 0.25) is 0 Å². The maximum absolute atomic E-state index is 13.4. The van der Waals surface area contributed by atoms with Crippen LogP contribution >= 0.6 is 0 Å². The van der Waals surface area contributed by atoms with Gasteiger partial charge in [-0.05, 0) is 30.9 Å². The zero-order chi connectivity index (χ0) is 15.8. The van der Waals surface area contributed by atoms with Crippen molar-refractivity contribution in [3.8, 4) is 0 Å². The summed E-state index contributed by atoms with van der Waals surface area (Å²) in [6.45, 7) is -0.00734. The molecular weight excluding hydrogens is 283 g/mol. The first kappa shape index (κ1) is 16.5. The molecule has 2 N–H and O–H groups in total. The Labute approximate surface area is 130 Å². The van der Waals surface area contributed by atoms with Gasteiger partial charge in [-0.3, -0.25) is 9.59 Å². The summed E-state index contributed by atoms with van der Waals surface area (Å²) >= 11 is 0. The van der Waals surface area contributed by atoms with Crippen LogP contribution in [0, 0.1) is 5.82 Å². The van der Waals surface area contributed by atoms with Crippen LogP contribution < -0.4 is 10.6 Å². The fraction of sp³-hybridized carbons (Fsp3) is 0.529. The number of halogens is 1. The number of carbonyl (C=O) groups excluding carboxylic acids is 2. The molecule has 1 fully saturated rings. The largest absolute Gasteiger partial charge is 0.352 e. The maximum Gasteiger partial charge on any atom is 0.239 e. The molecule has 1 aromatic rings. The molecular formula is C17H23FN2O2. The average Bonchev–Trinajstić information content (AvgIpc) is 2.53. The molecule has 0 heterocycles. The lowest BCUT2D eigenvalue weighted by molar-refractivity contribution is -0.126. The third-order valence-corrected chi connectivity index (χ3v) is 4.00. The smallest absolute Gasteiger partial charge is 0.239 e. The zero-order valence-electron chi connectivity index (χ0n) is 12.7. The molecule has 1 saturated carbocycles. The minimum absolute atomic E-state index is 0.00734. The minimum Gasteiger partial charge on any atom is -0.352 e. The fourth-order valence-electron chi connectivity index (χ4n) is 2.74. The normalized spacial score (nSPS) is 15.3. The molecule has 0 aliphatic heterocycles. The quantitative estimate of drug-likeness (QED) is 0.847. The van der Waals surface area contributed by atoms with E-state index in [-0.39, 0.29) is 36.6 Å². The van der Waals surface area contributed by atoms with E-state index in [1.54, 1.807) is 18.2 Å². The number of benzene rings is 1. The first-order chi connectivity index (χ1) is 10.6. The van der Waals surface area contributed by atoms with E-state index in [9.17, 15) is 14.0 Å². The molecule has 1 aliphatic rings. The molecule has 120 valence electrons. The van der Waals surface area contributed by atoms with Gasteiger partial charge in [0, 0.05) is 12.5 Å². The van der Waals surface area contributed by atoms with Crippen molar-refractivity contribution in [2.45, 2.75) is 51.0 Å². The van der Waals surface area contributed by atoms with E-state index in [1.807, 2.05) is 0 Å². The predicted molar refractivity (Wildman–Crippen MR) is 82.7 cm³/mol. The van der Waals surface area contributed by atoms with Crippen molar-refractivity contribution >= 4 is 11.8 Å². The molecule has 0 bridgehead atoms. The first-order valence-electron chi connectivity index (χ1n) is 7.94. The number of hydrogen-bond acceptors (Lipinski definition) is 2. The molecule has 1 aromatic carbocycles. The Morgan fingerprint density at radius 2 is 1.82 bits per heavy atom. The average molecular weight is 306 g/mol. The molecule has 5 heteroatoms. The highest BCUT2D eigenvalue weighted by Gasteiger charge is 2.15. The van der Waals surface area contributed by atoms with Crippen molar-refractivity contribution in [2.24, 2.45) is 0 Å². The van der Waals surface area contributed by atoms with Gasteiger partial charge in [-0.25, -0.2) is 4.39 Å². The number of carbonyl (C=O) groups is 2. The van der Waals surface area contributed by atoms with Gasteiger partial charge in [0.2, 0.25) is 11.8 Å². The van der Waals surface area contributed by atoms with Crippen LogP contribution in [0.4, 0.5) is 4.39 Å². The molecule has 0 radical (unpaired) electrons. The van der Waals surface area contributed by atoms with Gasteiger partial charge in [-0.15, -0.1) is 0 Å². The summed E-state index contributed by atoms with van der Waals surface area (Å²) < 4.78 is 13.4. The van der Waals surface area contributed by atoms with Gasteiger partial charge < -0.3 is 10.6 Å². The van der Waals surface area contributed by atoms with E-state index in [0.717, 1.165) is 25.7 Å². The Kier molecular flexibility index (Phi) is 6.37. The van der Waals surface area contributed by atoms with Crippen LogP contribution in [0.15, 0.2) is 24.3 Å². The third kappa shape index (κ3) is 5.47. The maximum atomic E-state index is 13.4. The Hall–Kier alpha value is -1.91. The second kappa shape index (κ2) is 8.51. The molecule has 0 aromatic heterocycles. The highest BCUT2D eigenvalue weighted by Crippen LogP contribution is 2.17. The van der Waals surface area contributed by atoms with Crippen molar-refractivity contribution < 1.29 is 14.0 Å². The molecule has 0 saturated heterocycles. The molecule has 4 nitrogen and oxygen atoms in total. The summed E-state index contributed by atoms with van der Waals surface area (Å²) in [6.07, 6.45) is 6.10. The minimum atomic E-state index is -0.301. The van der Waals surface area contributed by atoms with E-state index >= 15 is 0 Å². The Bertz CT molecular complexity index is 513. The molecule has 2 rings (SSSR count). The SMILES string of the molecule is O=C(CCc1ccccc1F)NCC(=O)NC1CCCCC1. The van der Waals surface area contributed by atoms with Crippen LogP contribution in [0.3, 0.4) is 0 Å². The molecule has 2 amide bonds. The van der Waals surface area contributed by atoms with Gasteiger partial charge in [0.25, 0.3) is 0 Å². The topological polar surface area (TPSA) is 58.2 Å². The van der Waals surface area contributed by atoms with Crippen molar-refractivity contribution in [3.05, 3.63) is 35.6 Å². The van der Waals surface area contributed by atoms with E-state index in [1.165, 1.54) is 12.5 Å². The summed E-state index contributed by atoms with van der Waals surface area (Å²) in [6, 6.07) is 6.66. The van der Waals surface area contributed by atoms with Crippen molar-refractivity contribution in [2.75, 3.05) is 6.54 Å². The van der Waals surface area contributed by atoms with Crippen LogP contribution in [-0.4, -0.2) is 24.4 Å². The summed E-state index contributed by atoms with van der Waals surface area (Å²) in [7, 11) is 0. The van der Waals surface area contributed by atoms with Crippen LogP contribution in [0.1, 0.15) is 44.1 Å². The Morgan fingerprint density at radius 1 is 1.09 bits per heavy atom. The van der Waals surface area contributed by atoms with Crippen molar-refractivity contribution in [1.82, 2.24) is 10.6 Å². The third-order valence-electron chi connectivity index (χ3n) is 4.00. The highest BCUT2D eigenvalue weighted by molar-refractivity contribution is 5.84. The number of hydrogen-bond donors (Lipinski definition) is 2. The molecule has 1 aliphatic carbocycles. The summed E-state index contributed by atoms with van der Waals surface area (Å²) in [5, 5.41) is 5.53. The number of amides is 2. The van der Waals surface area contributed by atoms with Gasteiger partial charge in [0.05, 0.1) is 6.54 Å². The van der Waals surface area contributed by atoms with Crippen LogP contribution in [-0.2, 0) is 16.0 Å². The second-order valence-corrected chi connectivity index (χ2v) is 5.77. The summed E-state index contributed by atoms with van der Waals surface area (Å²) in [4.78, 5) is 23.5. The lowest BCUT2D eigenvalue weighted by Crippen LogP contribution is -2.42. The van der Waals surface area contributed by atoms with E-state index in [4.69, 9.17) is 0 Å². The van der Waals surface area contributed by atoms with Crippen molar-refractivity contribution in [1.29, 1.82) is 0 Å². The lowest BCUT2D eigenvalue weighted by Gasteiger charge is -2.22. The van der Waals surface area contributed by atoms with E-state index < -0.39 is 0 Å². The van der Waals surface area contributed by atoms with Gasteiger partial charge in [0.1, 0.15) is 5.82 Å². The first-order valence-corrected chi connectivity index (χ1v) is 7.94. The highest BCUT2D eigenvalue weighted by atomic mass is 19.1. The number of nitrogens with one attached hydrogen (secondary N) is 2. The fourth-order valence-corrected chi connectivity index (χ4v) is 2.74. The number of rotatable bonds is 6. The van der Waals surface area contributed by atoms with Gasteiger partial charge >= 0.3 is 0 Å². The van der Waals surface area contributed by atoms with Crippen molar-refractivity contribution in [3.63, 3.8) is 0 Å². The zero-order valence-corrected chi connectivity index (χ0v) is 12.7. The Balaban J connectivity index is 1.64. The van der Waals surface area contributed by atoms with Crippen LogP contribution in [0.25, 0.3) is 0 Å². The number of aryl methyl sites for hydroxylation is 1. The Morgan fingerprint density at radius 3 is 2.55 bits per heavy atom. The van der Waals surface area contributed by atoms with E-state index in [0.29, 0.717) is 12.0 Å². The second-order valence-electron chi connectivity index (χ2n) is 5.77. The summed E-state index contributed by atoms with van der Waals surface area (Å²) in [5.74, 6) is -0.682. The summed E-state index contributed by atoms with van der Waals surface area (Å²) in [5.41, 5.74) is 0.518. The van der Waals surface area contributed by atoms with E-state index in [2.05, 4.69) is 10.6 Å².